The van der Waals surface area contributed by atoms with E-state index in [1.165, 1.54) is 0 Å². The minimum atomic E-state index is 0.823. The molecule has 3 heteroatoms. The smallest absolute Gasteiger partial charge is 0.0708 e. The average Bonchev–Trinajstić information content (AvgIpc) is 1.85. The van der Waals surface area contributed by atoms with Crippen molar-refractivity contribution in [2.45, 2.75) is 13.8 Å². The van der Waals surface area contributed by atoms with Crippen molar-refractivity contribution >= 4 is 17.5 Å². The summed E-state index contributed by atoms with van der Waals surface area (Å²) < 4.78 is 1.10. The summed E-state index contributed by atoms with van der Waals surface area (Å²) in [6.07, 6.45) is 0. The zero-order chi connectivity index (χ0) is 8.43. The Bertz CT molecular complexity index is 238. The van der Waals surface area contributed by atoms with Gasteiger partial charge >= 0.3 is 0 Å². The fourth-order valence-corrected chi connectivity index (χ4v) is 1.17. The third-order valence-corrected chi connectivity index (χ3v) is 1.65. The van der Waals surface area contributed by atoms with Crippen molar-refractivity contribution in [1.29, 1.82) is 0 Å². The molecule has 0 saturated carbocycles. The van der Waals surface area contributed by atoms with Crippen LogP contribution in [0.4, 0.5) is 5.69 Å². The minimum Gasteiger partial charge on any atom is -0.232 e. The molecule has 1 aromatic rings. The first-order valence-electron chi connectivity index (χ1n) is 3.38. The quantitative estimate of drug-likeness (QED) is 0.398. The molecule has 0 unspecified atom stereocenters. The Hall–Kier alpha value is -0.730. The molecule has 1 rings (SSSR count). The molecule has 0 saturated heterocycles. The fraction of sp³-hybridized carbons (Fsp3) is 0.250. The SMILES string of the molecule is Cc1cc(C)cc(N(N)Cl)c1. The summed E-state index contributed by atoms with van der Waals surface area (Å²) in [6.45, 7) is 4.02. The molecule has 11 heavy (non-hydrogen) atoms. The molecule has 0 fully saturated rings. The summed E-state index contributed by atoms with van der Waals surface area (Å²) in [5.74, 6) is 5.35. The number of hydrogen-bond acceptors (Lipinski definition) is 2. The van der Waals surface area contributed by atoms with E-state index >= 15 is 0 Å². The molecule has 0 aliphatic carbocycles. The molecule has 0 aliphatic heterocycles. The molecule has 0 atom stereocenters. The fourth-order valence-electron chi connectivity index (χ4n) is 1.07. The third kappa shape index (κ3) is 2.10. The van der Waals surface area contributed by atoms with Crippen LogP contribution in [-0.2, 0) is 0 Å². The Morgan fingerprint density at radius 1 is 1.18 bits per heavy atom. The summed E-state index contributed by atoms with van der Waals surface area (Å²) in [4.78, 5) is 0. The second-order valence-corrected chi connectivity index (χ2v) is 3.02. The van der Waals surface area contributed by atoms with E-state index in [0.29, 0.717) is 0 Å². The molecule has 2 N–H and O–H groups in total. The molecule has 0 amide bonds. The Labute approximate surface area is 71.6 Å². The third-order valence-electron chi connectivity index (χ3n) is 1.45. The molecule has 0 spiro atoms. The number of halogens is 1. The number of hydrogen-bond donors (Lipinski definition) is 1. The van der Waals surface area contributed by atoms with Gasteiger partial charge in [0.05, 0.1) is 5.69 Å². The van der Waals surface area contributed by atoms with E-state index in [9.17, 15) is 0 Å². The first-order valence-corrected chi connectivity index (χ1v) is 3.72. The van der Waals surface area contributed by atoms with Gasteiger partial charge in [0.25, 0.3) is 0 Å². The van der Waals surface area contributed by atoms with Gasteiger partial charge in [-0.3, -0.25) is 0 Å². The standard InChI is InChI=1S/C8H11ClN2/c1-6-3-7(2)5-8(4-6)11(9)10/h3-5H,10H2,1-2H3. The van der Waals surface area contributed by atoms with Crippen LogP contribution in [0.1, 0.15) is 11.1 Å². The van der Waals surface area contributed by atoms with Crippen LogP contribution in [-0.4, -0.2) is 0 Å². The van der Waals surface area contributed by atoms with Crippen molar-refractivity contribution < 1.29 is 0 Å². The number of anilines is 1. The number of rotatable bonds is 1. The van der Waals surface area contributed by atoms with Gasteiger partial charge in [-0.25, -0.2) is 10.4 Å². The van der Waals surface area contributed by atoms with Crippen molar-refractivity contribution in [2.75, 3.05) is 4.53 Å². The van der Waals surface area contributed by atoms with Crippen LogP contribution >= 0.6 is 11.8 Å². The number of nitrogens with two attached hydrogens (primary N) is 1. The molecule has 0 aromatic heterocycles. The predicted molar refractivity (Wildman–Crippen MR) is 48.4 cm³/mol. The van der Waals surface area contributed by atoms with Crippen LogP contribution in [0.15, 0.2) is 18.2 Å². The molecule has 1 aromatic carbocycles. The molecule has 60 valence electrons. The molecule has 0 aliphatic rings. The maximum Gasteiger partial charge on any atom is 0.0708 e. The monoisotopic (exact) mass is 170 g/mol. The maximum absolute atomic E-state index is 5.56. The highest BCUT2D eigenvalue weighted by molar-refractivity contribution is 6.24. The second-order valence-electron chi connectivity index (χ2n) is 2.66. The van der Waals surface area contributed by atoms with Gasteiger partial charge in [-0.05, 0) is 37.1 Å². The van der Waals surface area contributed by atoms with Crippen LogP contribution in [0.5, 0.6) is 0 Å². The van der Waals surface area contributed by atoms with Crippen LogP contribution in [0.3, 0.4) is 0 Å². The van der Waals surface area contributed by atoms with Crippen molar-refractivity contribution in [1.82, 2.24) is 0 Å². The zero-order valence-electron chi connectivity index (χ0n) is 6.63. The summed E-state index contributed by atoms with van der Waals surface area (Å²) in [7, 11) is 0. The number of benzene rings is 1. The van der Waals surface area contributed by atoms with E-state index in [-0.39, 0.29) is 0 Å². The summed E-state index contributed by atoms with van der Waals surface area (Å²) in [5.41, 5.74) is 3.15. The van der Waals surface area contributed by atoms with Crippen molar-refractivity contribution in [3.63, 3.8) is 0 Å². The van der Waals surface area contributed by atoms with Gasteiger partial charge in [0, 0.05) is 11.8 Å². The lowest BCUT2D eigenvalue weighted by Crippen LogP contribution is -2.18. The topological polar surface area (TPSA) is 29.3 Å². The van der Waals surface area contributed by atoms with Crippen molar-refractivity contribution in [2.24, 2.45) is 5.84 Å². The number of aryl methyl sites for hydroxylation is 2. The lowest BCUT2D eigenvalue weighted by atomic mass is 10.1. The average molecular weight is 171 g/mol. The van der Waals surface area contributed by atoms with Gasteiger partial charge in [-0.1, -0.05) is 6.07 Å². The van der Waals surface area contributed by atoms with Crippen LogP contribution in [0.2, 0.25) is 0 Å². The van der Waals surface area contributed by atoms with Gasteiger partial charge in [0.15, 0.2) is 0 Å². The minimum absolute atomic E-state index is 0.823. The van der Waals surface area contributed by atoms with E-state index in [0.717, 1.165) is 21.3 Å². The van der Waals surface area contributed by atoms with Crippen LogP contribution in [0.25, 0.3) is 0 Å². The number of nitrogens with zero attached hydrogens (tertiary/aromatic N) is 1. The molecule has 2 nitrogen and oxygen atoms in total. The van der Waals surface area contributed by atoms with E-state index in [1.807, 2.05) is 26.0 Å². The van der Waals surface area contributed by atoms with Gasteiger partial charge in [0.1, 0.15) is 0 Å². The first kappa shape index (κ1) is 8.37. The first-order chi connectivity index (χ1) is 5.09. The molecule has 0 heterocycles. The summed E-state index contributed by atoms with van der Waals surface area (Å²) in [6, 6.07) is 5.93. The highest BCUT2D eigenvalue weighted by Crippen LogP contribution is 2.17. The molecule has 0 radical (unpaired) electrons. The summed E-state index contributed by atoms with van der Waals surface area (Å²) >= 11 is 5.56. The number of hydrazine groups is 1. The van der Waals surface area contributed by atoms with Gasteiger partial charge < -0.3 is 0 Å². The predicted octanol–water partition coefficient (Wildman–Crippen LogP) is 2.14. The highest BCUT2D eigenvalue weighted by Gasteiger charge is 1.98. The second kappa shape index (κ2) is 3.11. The van der Waals surface area contributed by atoms with Crippen LogP contribution < -0.4 is 10.4 Å². The summed E-state index contributed by atoms with van der Waals surface area (Å²) in [5, 5.41) is 0. The Morgan fingerprint density at radius 3 is 2.00 bits per heavy atom. The van der Waals surface area contributed by atoms with Crippen molar-refractivity contribution in [3.05, 3.63) is 29.3 Å². The van der Waals surface area contributed by atoms with E-state index in [4.69, 9.17) is 17.6 Å². The molecule has 0 bridgehead atoms. The normalized spacial score (nSPS) is 9.82. The van der Waals surface area contributed by atoms with E-state index in [1.54, 1.807) is 0 Å². The lowest BCUT2D eigenvalue weighted by Gasteiger charge is -2.09. The van der Waals surface area contributed by atoms with Crippen molar-refractivity contribution in [3.8, 4) is 0 Å². The molecular weight excluding hydrogens is 160 g/mol. The van der Waals surface area contributed by atoms with Gasteiger partial charge in [-0.2, -0.15) is 0 Å². The van der Waals surface area contributed by atoms with Crippen LogP contribution in [0, 0.1) is 13.8 Å². The molecular formula is C8H11ClN2. The van der Waals surface area contributed by atoms with Gasteiger partial charge in [0.2, 0.25) is 0 Å². The Balaban J connectivity index is 3.08. The highest BCUT2D eigenvalue weighted by atomic mass is 35.5. The van der Waals surface area contributed by atoms with Gasteiger partial charge in [-0.15, -0.1) is 0 Å². The Morgan fingerprint density at radius 2 is 1.64 bits per heavy atom. The Kier molecular flexibility index (Phi) is 2.37. The largest absolute Gasteiger partial charge is 0.232 e. The van der Waals surface area contributed by atoms with E-state index < -0.39 is 0 Å². The zero-order valence-corrected chi connectivity index (χ0v) is 7.39. The van der Waals surface area contributed by atoms with E-state index in [2.05, 4.69) is 6.07 Å². The lowest BCUT2D eigenvalue weighted by molar-refractivity contribution is 1.18. The maximum atomic E-state index is 5.56.